The van der Waals surface area contributed by atoms with Crippen molar-refractivity contribution in [2.45, 2.75) is 39.7 Å². The molecule has 0 aliphatic carbocycles. The molecule has 1 N–H and O–H groups in total. The molecular weight excluding hydrogens is 361 g/mol. The zero-order valence-electron chi connectivity index (χ0n) is 16.0. The Balaban J connectivity index is 1.78. The summed E-state index contributed by atoms with van der Waals surface area (Å²) in [4.78, 5) is 12.5. The number of amides is 1. The third-order valence-corrected chi connectivity index (χ3v) is 4.44. The molecule has 3 aromatic rings. The topological polar surface area (TPSA) is 77.3 Å². The Morgan fingerprint density at radius 3 is 2.57 bits per heavy atom. The molecule has 1 heterocycles. The Bertz CT molecular complexity index is 954. The summed E-state index contributed by atoms with van der Waals surface area (Å²) >= 11 is 0. The van der Waals surface area contributed by atoms with Gasteiger partial charge in [-0.3, -0.25) is 4.79 Å². The molecule has 28 heavy (non-hydrogen) atoms. The van der Waals surface area contributed by atoms with Crippen molar-refractivity contribution < 1.29 is 18.6 Å². The lowest BCUT2D eigenvalue weighted by Crippen LogP contribution is -2.30. The van der Waals surface area contributed by atoms with Crippen LogP contribution in [0.25, 0.3) is 11.3 Å². The van der Waals surface area contributed by atoms with Crippen molar-refractivity contribution >= 4 is 11.7 Å². The largest absolute Gasteiger partial charge is 0.481 e. The molecule has 1 atom stereocenters. The van der Waals surface area contributed by atoms with Crippen LogP contribution in [0, 0.1) is 5.82 Å². The van der Waals surface area contributed by atoms with Gasteiger partial charge in [-0.25, -0.2) is 9.02 Å². The molecule has 0 saturated heterocycles. The maximum absolute atomic E-state index is 13.0. The molecule has 6 nitrogen and oxygen atoms in total. The summed E-state index contributed by atoms with van der Waals surface area (Å²) < 4.78 is 23.4. The van der Waals surface area contributed by atoms with Gasteiger partial charge in [0, 0.05) is 5.56 Å². The van der Waals surface area contributed by atoms with Crippen LogP contribution >= 0.6 is 0 Å². The molecule has 1 aromatic heterocycles. The first kappa shape index (κ1) is 19.5. The first-order chi connectivity index (χ1) is 13.5. The Hall–Kier alpha value is -3.22. The molecule has 7 heteroatoms. The van der Waals surface area contributed by atoms with Gasteiger partial charge in [-0.15, -0.1) is 0 Å². The predicted octanol–water partition coefficient (Wildman–Crippen LogP) is 4.41. The zero-order chi connectivity index (χ0) is 20.1. The minimum absolute atomic E-state index is 0.238. The van der Waals surface area contributed by atoms with E-state index < -0.39 is 12.0 Å². The number of ether oxygens (including phenoxy) is 1. The molecule has 0 aliphatic rings. The lowest BCUT2D eigenvalue weighted by Gasteiger charge is -2.14. The number of hydrogen-bond acceptors (Lipinski definition) is 5. The Labute approximate surface area is 162 Å². The molecule has 0 spiro atoms. The summed E-state index contributed by atoms with van der Waals surface area (Å²) in [5.74, 6) is -0.149. The van der Waals surface area contributed by atoms with E-state index in [2.05, 4.69) is 41.6 Å². The van der Waals surface area contributed by atoms with E-state index in [-0.39, 0.29) is 11.6 Å². The molecule has 0 fully saturated rings. The second-order valence-corrected chi connectivity index (χ2v) is 6.36. The fourth-order valence-corrected chi connectivity index (χ4v) is 2.81. The standard InChI is InChI=1S/C21H22FN3O3/c1-4-14-6-7-15(5-2)18(12-14)19-20(25-28-24-19)23-21(26)13(3)27-17-10-8-16(22)9-11-17/h6-13H,4-5H2,1-3H3,(H,23,25,26). The second-order valence-electron chi connectivity index (χ2n) is 6.36. The molecule has 146 valence electrons. The first-order valence-electron chi connectivity index (χ1n) is 9.19. The molecule has 3 rings (SSSR count). The van der Waals surface area contributed by atoms with Crippen molar-refractivity contribution in [1.82, 2.24) is 10.3 Å². The maximum Gasteiger partial charge on any atom is 0.266 e. The summed E-state index contributed by atoms with van der Waals surface area (Å²) in [6.07, 6.45) is 0.874. The number of rotatable bonds is 7. The van der Waals surface area contributed by atoms with Crippen LogP contribution in [0.4, 0.5) is 10.2 Å². The first-order valence-corrected chi connectivity index (χ1v) is 9.19. The van der Waals surface area contributed by atoms with Gasteiger partial charge in [0.05, 0.1) is 0 Å². The van der Waals surface area contributed by atoms with Gasteiger partial charge in [-0.2, -0.15) is 0 Å². The van der Waals surface area contributed by atoms with Crippen LogP contribution in [0.1, 0.15) is 31.9 Å². The Kier molecular flexibility index (Phi) is 6.03. The van der Waals surface area contributed by atoms with E-state index in [0.29, 0.717) is 11.4 Å². The number of nitrogens with one attached hydrogen (secondary N) is 1. The van der Waals surface area contributed by atoms with Gasteiger partial charge in [0.2, 0.25) is 5.82 Å². The van der Waals surface area contributed by atoms with Crippen molar-refractivity contribution in [3.63, 3.8) is 0 Å². The minimum atomic E-state index is -0.817. The number of nitrogens with zero attached hydrogens (tertiary/aromatic N) is 2. The number of aromatic nitrogens is 2. The number of hydrogen-bond donors (Lipinski definition) is 1. The average molecular weight is 383 g/mol. The maximum atomic E-state index is 13.0. The highest BCUT2D eigenvalue weighted by molar-refractivity contribution is 5.96. The molecule has 2 aromatic carbocycles. The number of carbonyl (C=O) groups is 1. The van der Waals surface area contributed by atoms with Crippen molar-refractivity contribution in [2.24, 2.45) is 0 Å². The van der Waals surface area contributed by atoms with E-state index >= 15 is 0 Å². The lowest BCUT2D eigenvalue weighted by molar-refractivity contribution is -0.122. The quantitative estimate of drug-likeness (QED) is 0.654. The zero-order valence-corrected chi connectivity index (χ0v) is 16.0. The number of benzene rings is 2. The number of anilines is 1. The van der Waals surface area contributed by atoms with Crippen LogP contribution in [0.5, 0.6) is 5.75 Å². The summed E-state index contributed by atoms with van der Waals surface area (Å²) in [6, 6.07) is 11.6. The molecule has 1 unspecified atom stereocenters. The monoisotopic (exact) mass is 383 g/mol. The minimum Gasteiger partial charge on any atom is -0.481 e. The van der Waals surface area contributed by atoms with Gasteiger partial charge in [0.1, 0.15) is 11.6 Å². The van der Waals surface area contributed by atoms with Gasteiger partial charge in [-0.05, 0) is 71.5 Å². The lowest BCUT2D eigenvalue weighted by atomic mass is 9.98. The molecule has 0 aliphatic heterocycles. The van der Waals surface area contributed by atoms with Crippen LogP contribution in [0.3, 0.4) is 0 Å². The highest BCUT2D eigenvalue weighted by Gasteiger charge is 2.21. The summed E-state index contributed by atoms with van der Waals surface area (Å²) in [5, 5.41) is 10.5. The Morgan fingerprint density at radius 1 is 1.14 bits per heavy atom. The van der Waals surface area contributed by atoms with E-state index in [0.717, 1.165) is 29.5 Å². The normalized spacial score (nSPS) is 11.9. The van der Waals surface area contributed by atoms with Gasteiger partial charge < -0.3 is 10.1 Å². The molecular formula is C21H22FN3O3. The molecule has 0 saturated carbocycles. The van der Waals surface area contributed by atoms with Crippen molar-refractivity contribution in [3.8, 4) is 17.0 Å². The van der Waals surface area contributed by atoms with E-state index in [1.54, 1.807) is 6.92 Å². The smallest absolute Gasteiger partial charge is 0.266 e. The third kappa shape index (κ3) is 4.36. The molecule has 0 bridgehead atoms. The van der Waals surface area contributed by atoms with Crippen LogP contribution in [0.15, 0.2) is 47.1 Å². The molecule has 1 amide bonds. The summed E-state index contributed by atoms with van der Waals surface area (Å²) in [5.41, 5.74) is 3.60. The van der Waals surface area contributed by atoms with Gasteiger partial charge >= 0.3 is 0 Å². The number of carbonyl (C=O) groups excluding carboxylic acids is 1. The van der Waals surface area contributed by atoms with Gasteiger partial charge in [0.25, 0.3) is 5.91 Å². The van der Waals surface area contributed by atoms with Crippen LogP contribution in [-0.2, 0) is 17.6 Å². The average Bonchev–Trinajstić information content (AvgIpc) is 3.17. The van der Waals surface area contributed by atoms with Crippen molar-refractivity contribution in [1.29, 1.82) is 0 Å². The fraction of sp³-hybridized carbons (Fsp3) is 0.286. The highest BCUT2D eigenvalue weighted by Crippen LogP contribution is 2.29. The number of aryl methyl sites for hydroxylation is 2. The van der Waals surface area contributed by atoms with Gasteiger partial charge in [0.15, 0.2) is 11.8 Å². The Morgan fingerprint density at radius 2 is 1.89 bits per heavy atom. The van der Waals surface area contributed by atoms with Crippen molar-refractivity contribution in [3.05, 3.63) is 59.4 Å². The molecule has 0 radical (unpaired) electrons. The van der Waals surface area contributed by atoms with Gasteiger partial charge in [-0.1, -0.05) is 26.0 Å². The van der Waals surface area contributed by atoms with Crippen LogP contribution < -0.4 is 10.1 Å². The second kappa shape index (κ2) is 8.65. The highest BCUT2D eigenvalue weighted by atomic mass is 19.1. The fourth-order valence-electron chi connectivity index (χ4n) is 2.81. The van der Waals surface area contributed by atoms with E-state index in [9.17, 15) is 9.18 Å². The number of halogens is 1. The van der Waals surface area contributed by atoms with Crippen LogP contribution in [-0.4, -0.2) is 22.3 Å². The third-order valence-electron chi connectivity index (χ3n) is 4.44. The van der Waals surface area contributed by atoms with E-state index in [1.165, 1.54) is 24.3 Å². The van der Waals surface area contributed by atoms with E-state index in [4.69, 9.17) is 9.37 Å². The summed E-state index contributed by atoms with van der Waals surface area (Å²) in [7, 11) is 0. The van der Waals surface area contributed by atoms with Crippen molar-refractivity contribution in [2.75, 3.05) is 5.32 Å². The van der Waals surface area contributed by atoms with E-state index in [1.807, 2.05) is 6.07 Å². The predicted molar refractivity (Wildman–Crippen MR) is 104 cm³/mol. The summed E-state index contributed by atoms with van der Waals surface area (Å²) in [6.45, 7) is 5.72. The van der Waals surface area contributed by atoms with Crippen LogP contribution in [0.2, 0.25) is 0 Å². The SMILES string of the molecule is CCc1ccc(CC)c(-c2nonc2NC(=O)C(C)Oc2ccc(F)cc2)c1.